The lowest BCUT2D eigenvalue weighted by Crippen LogP contribution is -2.28. The average Bonchev–Trinajstić information content (AvgIpc) is 3.43. The number of rotatable bonds is 4. The van der Waals surface area contributed by atoms with E-state index in [0.29, 0.717) is 21.9 Å². The van der Waals surface area contributed by atoms with Crippen molar-refractivity contribution in [1.82, 2.24) is 4.98 Å². The number of hydrogen-bond donors (Lipinski definition) is 1. The Balaban J connectivity index is 1.31. The van der Waals surface area contributed by atoms with E-state index in [-0.39, 0.29) is 23.1 Å². The molecule has 7 nitrogen and oxygen atoms in total. The van der Waals surface area contributed by atoms with Crippen LogP contribution in [0.4, 0.5) is 10.8 Å². The molecule has 160 valence electrons. The van der Waals surface area contributed by atoms with Gasteiger partial charge >= 0.3 is 0 Å². The molecule has 0 spiro atoms. The van der Waals surface area contributed by atoms with E-state index in [0.717, 1.165) is 31.2 Å². The molecule has 1 aliphatic carbocycles. The van der Waals surface area contributed by atoms with E-state index in [1.165, 1.54) is 28.5 Å². The molecule has 2 aliphatic rings. The fourth-order valence-electron chi connectivity index (χ4n) is 4.26. The topological polar surface area (TPSA) is 96.4 Å². The average molecular weight is 456 g/mol. The predicted octanol–water partition coefficient (Wildman–Crippen LogP) is 3.18. The van der Waals surface area contributed by atoms with Crippen molar-refractivity contribution in [2.75, 3.05) is 23.0 Å². The van der Waals surface area contributed by atoms with E-state index in [4.69, 9.17) is 0 Å². The van der Waals surface area contributed by atoms with Gasteiger partial charge in [-0.05, 0) is 60.7 Å². The first-order chi connectivity index (χ1) is 14.8. The summed E-state index contributed by atoms with van der Waals surface area (Å²) in [6.45, 7) is 0.340. The Morgan fingerprint density at radius 1 is 1.16 bits per heavy atom. The van der Waals surface area contributed by atoms with Gasteiger partial charge in [-0.3, -0.25) is 9.59 Å². The van der Waals surface area contributed by atoms with Crippen LogP contribution in [0.25, 0.3) is 10.2 Å². The summed E-state index contributed by atoms with van der Waals surface area (Å²) in [5.74, 6) is -0.765. The predicted molar refractivity (Wildman–Crippen MR) is 120 cm³/mol. The molecule has 1 unspecified atom stereocenters. The first-order valence-electron chi connectivity index (χ1n) is 10.1. The second-order valence-corrected chi connectivity index (χ2v) is 11.2. The minimum atomic E-state index is -3.32. The maximum atomic E-state index is 12.8. The molecule has 2 aromatic carbocycles. The molecule has 0 radical (unpaired) electrons. The number of amides is 2. The zero-order valence-electron chi connectivity index (χ0n) is 16.9. The van der Waals surface area contributed by atoms with Crippen molar-refractivity contribution >= 4 is 54.0 Å². The fraction of sp³-hybridized carbons (Fsp3) is 0.318. The van der Waals surface area contributed by atoms with Gasteiger partial charge in [-0.15, -0.1) is 0 Å². The van der Waals surface area contributed by atoms with Crippen molar-refractivity contribution in [3.05, 3.63) is 47.5 Å². The Morgan fingerprint density at radius 2 is 1.97 bits per heavy atom. The van der Waals surface area contributed by atoms with E-state index in [2.05, 4.69) is 22.4 Å². The second kappa shape index (κ2) is 7.42. The van der Waals surface area contributed by atoms with Crippen molar-refractivity contribution in [2.24, 2.45) is 5.92 Å². The number of fused-ring (bicyclic) bond motifs is 2. The van der Waals surface area contributed by atoms with E-state index in [1.807, 2.05) is 6.07 Å². The number of hydrogen-bond acceptors (Lipinski definition) is 6. The highest BCUT2D eigenvalue weighted by Crippen LogP contribution is 2.32. The number of thiazole rings is 1. The summed E-state index contributed by atoms with van der Waals surface area (Å²) < 4.78 is 24.2. The molecule has 1 atom stereocenters. The fourth-order valence-corrected chi connectivity index (χ4v) is 5.89. The van der Waals surface area contributed by atoms with Crippen molar-refractivity contribution in [3.8, 4) is 0 Å². The van der Waals surface area contributed by atoms with Gasteiger partial charge < -0.3 is 10.2 Å². The van der Waals surface area contributed by atoms with Crippen LogP contribution in [0.1, 0.15) is 24.0 Å². The summed E-state index contributed by atoms with van der Waals surface area (Å²) in [5.41, 5.74) is 4.12. The molecular formula is C22H21N3O4S2. The quantitative estimate of drug-likeness (QED) is 0.652. The molecule has 1 saturated heterocycles. The number of benzene rings is 2. The Hall–Kier alpha value is -2.78. The molecular weight excluding hydrogens is 434 g/mol. The first kappa shape index (κ1) is 20.1. The van der Waals surface area contributed by atoms with Crippen LogP contribution in [0.5, 0.6) is 0 Å². The molecule has 2 heterocycles. The highest BCUT2D eigenvalue weighted by molar-refractivity contribution is 7.90. The van der Waals surface area contributed by atoms with Gasteiger partial charge in [-0.25, -0.2) is 13.4 Å². The van der Waals surface area contributed by atoms with Crippen molar-refractivity contribution in [1.29, 1.82) is 0 Å². The number of aryl methyl sites for hydroxylation is 2. The van der Waals surface area contributed by atoms with Gasteiger partial charge in [0, 0.05) is 24.9 Å². The minimum absolute atomic E-state index is 0.0554. The minimum Gasteiger partial charge on any atom is -0.312 e. The molecule has 1 aliphatic heterocycles. The van der Waals surface area contributed by atoms with E-state index >= 15 is 0 Å². The highest BCUT2D eigenvalue weighted by atomic mass is 32.2. The summed E-state index contributed by atoms with van der Waals surface area (Å²) in [7, 11) is -3.32. The SMILES string of the molecule is CS(=O)(=O)c1ccc2nc(NC(=O)C3CC(=O)N(c4ccc5c(c4)CCC5)C3)sc2c1. The van der Waals surface area contributed by atoms with Crippen LogP contribution in [0, 0.1) is 5.92 Å². The molecule has 1 fully saturated rings. The number of carbonyl (C=O) groups excluding carboxylic acids is 2. The van der Waals surface area contributed by atoms with Gasteiger partial charge in [0.05, 0.1) is 21.0 Å². The summed E-state index contributed by atoms with van der Waals surface area (Å²) in [4.78, 5) is 31.7. The molecule has 9 heteroatoms. The maximum absolute atomic E-state index is 12.8. The number of nitrogens with zero attached hydrogens (tertiary/aromatic N) is 2. The van der Waals surface area contributed by atoms with Crippen LogP contribution >= 0.6 is 11.3 Å². The Bertz CT molecular complexity index is 1330. The van der Waals surface area contributed by atoms with E-state index in [9.17, 15) is 18.0 Å². The van der Waals surface area contributed by atoms with Crippen LogP contribution in [-0.4, -0.2) is 38.0 Å². The molecule has 0 bridgehead atoms. The Kier molecular flexibility index (Phi) is 4.82. The smallest absolute Gasteiger partial charge is 0.231 e. The van der Waals surface area contributed by atoms with Gasteiger partial charge in [-0.2, -0.15) is 0 Å². The first-order valence-corrected chi connectivity index (χ1v) is 12.8. The maximum Gasteiger partial charge on any atom is 0.231 e. The third kappa shape index (κ3) is 3.83. The molecule has 1 N–H and O–H groups in total. The zero-order chi connectivity index (χ0) is 21.8. The van der Waals surface area contributed by atoms with Crippen LogP contribution in [0.3, 0.4) is 0 Å². The Morgan fingerprint density at radius 3 is 2.77 bits per heavy atom. The lowest BCUT2D eigenvalue weighted by atomic mass is 10.1. The van der Waals surface area contributed by atoms with Gasteiger partial charge in [0.25, 0.3) is 0 Å². The summed E-state index contributed by atoms with van der Waals surface area (Å²) in [6, 6.07) is 10.8. The lowest BCUT2D eigenvalue weighted by molar-refractivity contribution is -0.122. The van der Waals surface area contributed by atoms with Crippen LogP contribution in [-0.2, 0) is 32.3 Å². The standard InChI is InChI=1S/C22H21N3O4S2/c1-31(28,29)17-7-8-18-19(11-17)30-22(23-18)24-21(27)15-10-20(26)25(12-15)16-6-5-13-3-2-4-14(13)9-16/h5-9,11,15H,2-4,10,12H2,1H3,(H,23,24,27). The van der Waals surface area contributed by atoms with Gasteiger partial charge in [0.15, 0.2) is 15.0 Å². The third-order valence-electron chi connectivity index (χ3n) is 5.91. The highest BCUT2D eigenvalue weighted by Gasteiger charge is 2.35. The van der Waals surface area contributed by atoms with Gasteiger partial charge in [-0.1, -0.05) is 17.4 Å². The number of carbonyl (C=O) groups is 2. The zero-order valence-corrected chi connectivity index (χ0v) is 18.6. The summed E-state index contributed by atoms with van der Waals surface area (Å²) in [5, 5.41) is 3.20. The summed E-state index contributed by atoms with van der Waals surface area (Å²) >= 11 is 1.22. The largest absolute Gasteiger partial charge is 0.312 e. The molecule has 0 saturated carbocycles. The number of aromatic nitrogens is 1. The lowest BCUT2D eigenvalue weighted by Gasteiger charge is -2.17. The van der Waals surface area contributed by atoms with Crippen molar-refractivity contribution < 1.29 is 18.0 Å². The third-order valence-corrected chi connectivity index (χ3v) is 7.95. The number of nitrogens with one attached hydrogen (secondary N) is 1. The van der Waals surface area contributed by atoms with Crippen molar-refractivity contribution in [2.45, 2.75) is 30.6 Å². The summed E-state index contributed by atoms with van der Waals surface area (Å²) in [6.07, 6.45) is 4.58. The molecule has 31 heavy (non-hydrogen) atoms. The van der Waals surface area contributed by atoms with Gasteiger partial charge in [0.1, 0.15) is 0 Å². The van der Waals surface area contributed by atoms with E-state index in [1.54, 1.807) is 17.0 Å². The van der Waals surface area contributed by atoms with Crippen LogP contribution < -0.4 is 10.2 Å². The van der Waals surface area contributed by atoms with Gasteiger partial charge in [0.2, 0.25) is 11.8 Å². The van der Waals surface area contributed by atoms with E-state index < -0.39 is 15.8 Å². The van der Waals surface area contributed by atoms with Crippen LogP contribution in [0.15, 0.2) is 41.3 Å². The molecule has 2 amide bonds. The molecule has 3 aromatic rings. The number of sulfone groups is 1. The second-order valence-electron chi connectivity index (χ2n) is 8.12. The normalized spacial score (nSPS) is 18.5. The van der Waals surface area contributed by atoms with Crippen molar-refractivity contribution in [3.63, 3.8) is 0 Å². The monoisotopic (exact) mass is 455 g/mol. The Labute approximate surface area is 184 Å². The number of anilines is 2. The van der Waals surface area contributed by atoms with Crippen LogP contribution in [0.2, 0.25) is 0 Å². The molecule has 1 aromatic heterocycles. The molecule has 5 rings (SSSR count).